The Balaban J connectivity index is 2.60. The van der Waals surface area contributed by atoms with Gasteiger partial charge in [0.25, 0.3) is 0 Å². The zero-order valence-electron chi connectivity index (χ0n) is 6.46. The van der Waals surface area contributed by atoms with Gasteiger partial charge in [-0.2, -0.15) is 5.26 Å². The largest absolute Gasteiger partial charge is 0.250 e. The first-order chi connectivity index (χ1) is 5.86. The van der Waals surface area contributed by atoms with Gasteiger partial charge in [-0.05, 0) is 24.3 Å². The summed E-state index contributed by atoms with van der Waals surface area (Å²) in [6, 6.07) is 9.16. The van der Waals surface area contributed by atoms with Crippen molar-refractivity contribution in [1.82, 2.24) is 0 Å². The lowest BCUT2D eigenvalue weighted by molar-refractivity contribution is 0.533. The van der Waals surface area contributed by atoms with Crippen molar-refractivity contribution in [3.8, 4) is 6.07 Å². The smallest absolute Gasteiger partial charge is 0.0991 e. The number of halogens is 1. The summed E-state index contributed by atoms with van der Waals surface area (Å²) in [6.07, 6.45) is 0. The molecule has 1 aromatic rings. The van der Waals surface area contributed by atoms with Gasteiger partial charge in [0.2, 0.25) is 0 Å². The maximum Gasteiger partial charge on any atom is 0.0991 e. The fraction of sp³-hybridized carbons (Fsp3) is 0.222. The molecule has 0 bridgehead atoms. The molecule has 0 spiro atoms. The second kappa shape index (κ2) is 4.78. The highest BCUT2D eigenvalue weighted by Crippen LogP contribution is 2.17. The minimum absolute atomic E-state index is 0.315. The van der Waals surface area contributed by atoms with Gasteiger partial charge in [-0.15, -0.1) is 11.8 Å². The van der Waals surface area contributed by atoms with Crippen LogP contribution in [0.2, 0.25) is 0 Å². The number of hydrogen-bond acceptors (Lipinski definition) is 2. The number of nitriles is 1. The van der Waals surface area contributed by atoms with Crippen molar-refractivity contribution in [2.24, 2.45) is 0 Å². The number of nitrogens with zero attached hydrogens (tertiary/aromatic N) is 1. The molecule has 0 saturated heterocycles. The fourth-order valence-electron chi connectivity index (χ4n) is 0.782. The lowest BCUT2D eigenvalue weighted by Gasteiger charge is -1.96. The van der Waals surface area contributed by atoms with Gasteiger partial charge in [0.1, 0.15) is 0 Å². The van der Waals surface area contributed by atoms with Gasteiger partial charge in [0.15, 0.2) is 0 Å². The third-order valence-corrected chi connectivity index (χ3v) is 2.29. The van der Waals surface area contributed by atoms with Crippen molar-refractivity contribution in [2.45, 2.75) is 4.90 Å². The van der Waals surface area contributed by atoms with E-state index in [1.54, 1.807) is 12.1 Å². The summed E-state index contributed by atoms with van der Waals surface area (Å²) in [5, 5.41) is 8.49. The standard InChI is InChI=1S/C9H8FNS/c10-5-6-12-9-3-1-8(7-11)2-4-9/h1-4H,5-6H2. The summed E-state index contributed by atoms with van der Waals surface area (Å²) in [5.74, 6) is 0.478. The number of benzene rings is 1. The van der Waals surface area contributed by atoms with Gasteiger partial charge in [-0.3, -0.25) is 4.39 Å². The summed E-state index contributed by atoms with van der Waals surface area (Å²) in [7, 11) is 0. The van der Waals surface area contributed by atoms with E-state index in [4.69, 9.17) is 5.26 Å². The van der Waals surface area contributed by atoms with Crippen molar-refractivity contribution in [3.63, 3.8) is 0 Å². The summed E-state index contributed by atoms with van der Waals surface area (Å²) >= 11 is 1.46. The van der Waals surface area contributed by atoms with Crippen LogP contribution in [0, 0.1) is 11.3 Å². The molecule has 0 saturated carbocycles. The van der Waals surface area contributed by atoms with E-state index in [1.165, 1.54) is 11.8 Å². The van der Waals surface area contributed by atoms with E-state index in [1.807, 2.05) is 18.2 Å². The lowest BCUT2D eigenvalue weighted by Crippen LogP contribution is -1.80. The van der Waals surface area contributed by atoms with Crippen LogP contribution in [0.1, 0.15) is 5.56 Å². The minimum Gasteiger partial charge on any atom is -0.250 e. The molecule has 0 atom stereocenters. The summed E-state index contributed by atoms with van der Waals surface area (Å²) in [6.45, 7) is -0.315. The summed E-state index contributed by atoms with van der Waals surface area (Å²) in [5.41, 5.74) is 0.639. The van der Waals surface area contributed by atoms with Gasteiger partial charge < -0.3 is 0 Å². The Bertz CT molecular complexity index is 276. The molecule has 0 fully saturated rings. The van der Waals surface area contributed by atoms with Crippen LogP contribution in [0.4, 0.5) is 4.39 Å². The predicted molar refractivity (Wildman–Crippen MR) is 47.9 cm³/mol. The Kier molecular flexibility index (Phi) is 3.62. The molecule has 0 radical (unpaired) electrons. The fourth-order valence-corrected chi connectivity index (χ4v) is 1.42. The Morgan fingerprint density at radius 1 is 1.33 bits per heavy atom. The molecular formula is C9H8FNS. The zero-order chi connectivity index (χ0) is 8.81. The van der Waals surface area contributed by atoms with E-state index < -0.39 is 0 Å². The Labute approximate surface area is 75.2 Å². The molecule has 0 unspecified atom stereocenters. The lowest BCUT2D eigenvalue weighted by atomic mass is 10.2. The molecular weight excluding hydrogens is 173 g/mol. The van der Waals surface area contributed by atoms with E-state index in [0.717, 1.165) is 4.90 Å². The number of alkyl halides is 1. The van der Waals surface area contributed by atoms with Crippen LogP contribution in [-0.4, -0.2) is 12.4 Å². The first-order valence-corrected chi connectivity index (χ1v) is 4.54. The van der Waals surface area contributed by atoms with Crippen molar-refractivity contribution in [3.05, 3.63) is 29.8 Å². The molecule has 0 aromatic heterocycles. The second-order valence-corrected chi connectivity index (χ2v) is 3.34. The topological polar surface area (TPSA) is 23.8 Å². The average molecular weight is 181 g/mol. The maximum absolute atomic E-state index is 11.8. The molecule has 12 heavy (non-hydrogen) atoms. The Morgan fingerprint density at radius 3 is 2.50 bits per heavy atom. The van der Waals surface area contributed by atoms with Crippen molar-refractivity contribution in [2.75, 3.05) is 12.4 Å². The molecule has 1 nitrogen and oxygen atoms in total. The molecule has 0 N–H and O–H groups in total. The van der Waals surface area contributed by atoms with Gasteiger partial charge in [0, 0.05) is 10.6 Å². The van der Waals surface area contributed by atoms with Gasteiger partial charge in [-0.1, -0.05) is 0 Å². The van der Waals surface area contributed by atoms with Crippen LogP contribution < -0.4 is 0 Å². The van der Waals surface area contributed by atoms with E-state index in [-0.39, 0.29) is 6.67 Å². The van der Waals surface area contributed by atoms with E-state index in [9.17, 15) is 4.39 Å². The third kappa shape index (κ3) is 2.55. The SMILES string of the molecule is N#Cc1ccc(SCCF)cc1. The number of hydrogen-bond donors (Lipinski definition) is 0. The third-order valence-electron chi connectivity index (χ3n) is 1.33. The highest BCUT2D eigenvalue weighted by atomic mass is 32.2. The van der Waals surface area contributed by atoms with Crippen LogP contribution in [0.15, 0.2) is 29.2 Å². The first-order valence-electron chi connectivity index (χ1n) is 3.56. The summed E-state index contributed by atoms with van der Waals surface area (Å²) in [4.78, 5) is 1.01. The summed E-state index contributed by atoms with van der Waals surface area (Å²) < 4.78 is 11.8. The van der Waals surface area contributed by atoms with Crippen LogP contribution >= 0.6 is 11.8 Å². The van der Waals surface area contributed by atoms with Gasteiger partial charge >= 0.3 is 0 Å². The van der Waals surface area contributed by atoms with E-state index in [2.05, 4.69) is 0 Å². The molecule has 62 valence electrons. The molecule has 1 rings (SSSR count). The number of thioether (sulfide) groups is 1. The van der Waals surface area contributed by atoms with Crippen LogP contribution in [0.3, 0.4) is 0 Å². The van der Waals surface area contributed by atoms with Crippen LogP contribution in [0.25, 0.3) is 0 Å². The average Bonchev–Trinajstić information content (AvgIpc) is 2.15. The molecule has 1 aromatic carbocycles. The molecule has 0 aliphatic heterocycles. The first kappa shape index (κ1) is 9.08. The second-order valence-electron chi connectivity index (χ2n) is 2.17. The zero-order valence-corrected chi connectivity index (χ0v) is 7.27. The Morgan fingerprint density at radius 2 is 2.00 bits per heavy atom. The van der Waals surface area contributed by atoms with Crippen molar-refractivity contribution >= 4 is 11.8 Å². The van der Waals surface area contributed by atoms with Crippen molar-refractivity contribution < 1.29 is 4.39 Å². The quantitative estimate of drug-likeness (QED) is 0.669. The Hall–Kier alpha value is -1.01. The maximum atomic E-state index is 11.8. The van der Waals surface area contributed by atoms with Gasteiger partial charge in [-0.25, -0.2) is 0 Å². The monoisotopic (exact) mass is 181 g/mol. The van der Waals surface area contributed by atoms with E-state index >= 15 is 0 Å². The van der Waals surface area contributed by atoms with Crippen LogP contribution in [0.5, 0.6) is 0 Å². The molecule has 0 aliphatic carbocycles. The number of rotatable bonds is 3. The minimum atomic E-state index is -0.315. The van der Waals surface area contributed by atoms with Gasteiger partial charge in [0.05, 0.1) is 18.3 Å². The highest BCUT2D eigenvalue weighted by molar-refractivity contribution is 7.99. The molecule has 0 amide bonds. The van der Waals surface area contributed by atoms with Crippen LogP contribution in [-0.2, 0) is 0 Å². The molecule has 3 heteroatoms. The normalized spacial score (nSPS) is 9.33. The predicted octanol–water partition coefficient (Wildman–Crippen LogP) is 2.62. The van der Waals surface area contributed by atoms with E-state index in [0.29, 0.717) is 11.3 Å². The highest BCUT2D eigenvalue weighted by Gasteiger charge is 1.93. The molecule has 0 aliphatic rings. The molecule has 0 heterocycles. The van der Waals surface area contributed by atoms with Crippen molar-refractivity contribution in [1.29, 1.82) is 5.26 Å².